The predicted octanol–water partition coefficient (Wildman–Crippen LogP) is 1.29. The Balaban J connectivity index is 2.81. The van der Waals surface area contributed by atoms with Crippen LogP contribution in [0.4, 0.5) is 4.79 Å². The number of hydrogen-bond acceptors (Lipinski definition) is 2. The van der Waals surface area contributed by atoms with Gasteiger partial charge in [-0.15, -0.1) is 0 Å². The molecule has 1 rings (SSSR count). The maximum atomic E-state index is 11.1. The molecule has 0 fully saturated rings. The van der Waals surface area contributed by atoms with E-state index in [1.807, 2.05) is 19.1 Å². The first-order valence-corrected chi connectivity index (χ1v) is 3.89. The zero-order valence-electron chi connectivity index (χ0n) is 7.28. The van der Waals surface area contributed by atoms with Gasteiger partial charge in [0.05, 0.1) is 6.61 Å². The third-order valence-corrected chi connectivity index (χ3v) is 1.43. The summed E-state index contributed by atoms with van der Waals surface area (Å²) < 4.78 is 6.24. The maximum Gasteiger partial charge on any atom is 0.601 e. The minimum atomic E-state index is -0.332. The Bertz CT molecular complexity index is 284. The highest BCUT2D eigenvalue weighted by Crippen LogP contribution is 1.89. The van der Waals surface area contributed by atoms with Crippen LogP contribution in [0.2, 0.25) is 0 Å². The zero-order chi connectivity index (χ0) is 8.97. The summed E-state index contributed by atoms with van der Waals surface area (Å²) in [5.74, 6) is 0. The van der Waals surface area contributed by atoms with Gasteiger partial charge in [-0.1, -0.05) is 4.57 Å². The van der Waals surface area contributed by atoms with Crippen molar-refractivity contribution in [2.24, 2.45) is 0 Å². The van der Waals surface area contributed by atoms with E-state index in [4.69, 9.17) is 4.74 Å². The molecule has 0 saturated heterocycles. The average molecular weight is 166 g/mol. The SMILES string of the molecule is CCOC(=O)[n+]1cccc(C)c1. The molecule has 0 unspecified atom stereocenters. The van der Waals surface area contributed by atoms with Gasteiger partial charge in [-0.05, 0) is 19.9 Å². The number of aromatic nitrogens is 1. The third kappa shape index (κ3) is 2.05. The molecule has 3 nitrogen and oxygen atoms in total. The summed E-state index contributed by atoms with van der Waals surface area (Å²) in [6, 6.07) is 3.74. The van der Waals surface area contributed by atoms with Crippen LogP contribution in [-0.2, 0) is 4.74 Å². The van der Waals surface area contributed by atoms with Gasteiger partial charge in [0.1, 0.15) is 0 Å². The first kappa shape index (κ1) is 8.71. The van der Waals surface area contributed by atoms with Crippen molar-refractivity contribution in [3.63, 3.8) is 0 Å². The Kier molecular flexibility index (Phi) is 2.80. The van der Waals surface area contributed by atoms with Crippen molar-refractivity contribution >= 4 is 6.09 Å². The summed E-state index contributed by atoms with van der Waals surface area (Å²) in [4.78, 5) is 11.1. The number of carbonyl (C=O) groups is 1. The van der Waals surface area contributed by atoms with E-state index in [9.17, 15) is 4.79 Å². The third-order valence-electron chi connectivity index (χ3n) is 1.43. The molecule has 64 valence electrons. The highest BCUT2D eigenvalue weighted by molar-refractivity contribution is 5.56. The molecule has 3 heteroatoms. The lowest BCUT2D eigenvalue weighted by Gasteiger charge is -1.94. The van der Waals surface area contributed by atoms with Crippen molar-refractivity contribution in [3.05, 3.63) is 30.1 Å². The van der Waals surface area contributed by atoms with Crippen LogP contribution in [0, 0.1) is 6.92 Å². The zero-order valence-corrected chi connectivity index (χ0v) is 7.28. The maximum absolute atomic E-state index is 11.1. The fourth-order valence-electron chi connectivity index (χ4n) is 0.905. The number of aryl methyl sites for hydroxylation is 1. The van der Waals surface area contributed by atoms with Crippen molar-refractivity contribution in [3.8, 4) is 0 Å². The number of nitrogens with zero attached hydrogens (tertiary/aromatic N) is 1. The van der Waals surface area contributed by atoms with E-state index in [2.05, 4.69) is 0 Å². The van der Waals surface area contributed by atoms with Crippen molar-refractivity contribution < 1.29 is 14.1 Å². The van der Waals surface area contributed by atoms with Crippen LogP contribution in [0.5, 0.6) is 0 Å². The van der Waals surface area contributed by atoms with Gasteiger partial charge in [0, 0.05) is 11.6 Å². The second kappa shape index (κ2) is 3.85. The fraction of sp³-hybridized carbons (Fsp3) is 0.333. The van der Waals surface area contributed by atoms with Crippen LogP contribution in [0.15, 0.2) is 24.5 Å². The summed E-state index contributed by atoms with van der Waals surface area (Å²) in [6.07, 6.45) is 3.07. The first-order chi connectivity index (χ1) is 5.74. The first-order valence-electron chi connectivity index (χ1n) is 3.89. The van der Waals surface area contributed by atoms with Crippen LogP contribution in [0.3, 0.4) is 0 Å². The quantitative estimate of drug-likeness (QED) is 0.588. The molecule has 0 saturated carbocycles. The second-order valence-corrected chi connectivity index (χ2v) is 2.49. The molecule has 12 heavy (non-hydrogen) atoms. The van der Waals surface area contributed by atoms with Crippen molar-refractivity contribution in [2.45, 2.75) is 13.8 Å². The van der Waals surface area contributed by atoms with Gasteiger partial charge in [0.25, 0.3) is 0 Å². The molecule has 0 aromatic carbocycles. The van der Waals surface area contributed by atoms with E-state index in [0.717, 1.165) is 5.56 Å². The van der Waals surface area contributed by atoms with Gasteiger partial charge in [-0.2, -0.15) is 4.79 Å². The van der Waals surface area contributed by atoms with Crippen LogP contribution < -0.4 is 4.57 Å². The Hall–Kier alpha value is -1.38. The Labute approximate surface area is 71.6 Å². The number of ether oxygens (including phenoxy) is 1. The average Bonchev–Trinajstić information content (AvgIpc) is 2.05. The molecule has 0 radical (unpaired) electrons. The summed E-state index contributed by atoms with van der Waals surface area (Å²) in [5, 5.41) is 0. The molecular weight excluding hydrogens is 154 g/mol. The molecule has 0 aliphatic carbocycles. The van der Waals surface area contributed by atoms with Crippen LogP contribution in [0.1, 0.15) is 12.5 Å². The Morgan fingerprint density at radius 1 is 1.67 bits per heavy atom. The largest absolute Gasteiger partial charge is 0.601 e. The van der Waals surface area contributed by atoms with Crippen LogP contribution in [0.25, 0.3) is 0 Å². The van der Waals surface area contributed by atoms with Gasteiger partial charge in [-0.3, -0.25) is 0 Å². The summed E-state index contributed by atoms with van der Waals surface area (Å²) in [7, 11) is 0. The minimum Gasteiger partial charge on any atom is -0.412 e. The molecule has 0 aliphatic heterocycles. The van der Waals surface area contributed by atoms with E-state index in [0.29, 0.717) is 6.61 Å². The van der Waals surface area contributed by atoms with Gasteiger partial charge in [-0.25, -0.2) is 0 Å². The molecule has 0 N–H and O–H groups in total. The highest BCUT2D eigenvalue weighted by atomic mass is 16.5. The second-order valence-electron chi connectivity index (χ2n) is 2.49. The molecule has 0 amide bonds. The lowest BCUT2D eigenvalue weighted by Crippen LogP contribution is -2.42. The number of pyridine rings is 1. The molecule has 0 bridgehead atoms. The molecular formula is C9H12NO2+. The van der Waals surface area contributed by atoms with Crippen LogP contribution in [-0.4, -0.2) is 12.7 Å². The van der Waals surface area contributed by atoms with Crippen molar-refractivity contribution in [2.75, 3.05) is 6.61 Å². The molecule has 0 aliphatic rings. The lowest BCUT2D eigenvalue weighted by molar-refractivity contribution is -0.586. The predicted molar refractivity (Wildman–Crippen MR) is 43.8 cm³/mol. The van der Waals surface area contributed by atoms with Gasteiger partial charge < -0.3 is 4.74 Å². The summed E-state index contributed by atoms with van der Waals surface area (Å²) >= 11 is 0. The number of rotatable bonds is 1. The monoisotopic (exact) mass is 166 g/mol. The van der Waals surface area contributed by atoms with E-state index < -0.39 is 0 Å². The van der Waals surface area contributed by atoms with Crippen molar-refractivity contribution in [1.29, 1.82) is 0 Å². The Morgan fingerprint density at radius 2 is 2.42 bits per heavy atom. The van der Waals surface area contributed by atoms with Crippen molar-refractivity contribution in [1.82, 2.24) is 0 Å². The van der Waals surface area contributed by atoms with E-state index >= 15 is 0 Å². The van der Waals surface area contributed by atoms with Gasteiger partial charge in [0.2, 0.25) is 0 Å². The molecule has 1 heterocycles. The normalized spacial score (nSPS) is 9.50. The molecule has 1 aromatic rings. The smallest absolute Gasteiger partial charge is 0.412 e. The van der Waals surface area contributed by atoms with E-state index in [-0.39, 0.29) is 6.09 Å². The molecule has 0 spiro atoms. The number of hydrogen-bond donors (Lipinski definition) is 0. The summed E-state index contributed by atoms with van der Waals surface area (Å²) in [6.45, 7) is 4.11. The summed E-state index contributed by atoms with van der Waals surface area (Å²) in [5.41, 5.74) is 1.03. The van der Waals surface area contributed by atoms with Gasteiger partial charge >= 0.3 is 6.09 Å². The molecule has 0 atom stereocenters. The Morgan fingerprint density at radius 3 is 3.00 bits per heavy atom. The number of carbonyl (C=O) groups excluding carboxylic acids is 1. The lowest BCUT2D eigenvalue weighted by atomic mass is 10.3. The topological polar surface area (TPSA) is 30.2 Å². The molecule has 1 aromatic heterocycles. The van der Waals surface area contributed by atoms with Crippen LogP contribution >= 0.6 is 0 Å². The van der Waals surface area contributed by atoms with E-state index in [1.54, 1.807) is 19.3 Å². The fourth-order valence-corrected chi connectivity index (χ4v) is 0.905. The standard InChI is InChI=1S/C9H12NO2/c1-3-12-9(11)10-6-4-5-8(2)7-10/h4-7H,3H2,1-2H3/q+1. The highest BCUT2D eigenvalue weighted by Gasteiger charge is 2.13. The van der Waals surface area contributed by atoms with E-state index in [1.165, 1.54) is 4.57 Å². The van der Waals surface area contributed by atoms with Gasteiger partial charge in [0.15, 0.2) is 12.4 Å². The minimum absolute atomic E-state index is 0.332.